The number of rotatable bonds is 2. The molecule has 1 unspecified atom stereocenters. The highest BCUT2D eigenvalue weighted by atomic mass is 79.9. The van der Waals surface area contributed by atoms with Gasteiger partial charge in [0.15, 0.2) is 0 Å². The van der Waals surface area contributed by atoms with Crippen molar-refractivity contribution in [2.24, 2.45) is 0 Å². The molecule has 0 spiro atoms. The second-order valence-corrected chi connectivity index (χ2v) is 6.65. The normalized spacial score (nSPS) is 18.3. The van der Waals surface area contributed by atoms with Crippen molar-refractivity contribution in [2.45, 2.75) is 26.0 Å². The molecule has 0 saturated heterocycles. The fraction of sp³-hybridized carbons (Fsp3) is 0.375. The van der Waals surface area contributed by atoms with Gasteiger partial charge >= 0.3 is 0 Å². The molecule has 3 nitrogen and oxygen atoms in total. The summed E-state index contributed by atoms with van der Waals surface area (Å²) in [4.78, 5) is 2.24. The molecule has 0 fully saturated rings. The van der Waals surface area contributed by atoms with Crippen molar-refractivity contribution in [3.05, 3.63) is 50.8 Å². The van der Waals surface area contributed by atoms with Gasteiger partial charge in [-0.1, -0.05) is 17.7 Å². The molecular weight excluding hydrogens is 389 g/mol. The first-order valence-electron chi connectivity index (χ1n) is 6.93. The maximum Gasteiger partial charge on any atom is 0.139 e. The van der Waals surface area contributed by atoms with Crippen molar-refractivity contribution in [2.75, 3.05) is 13.6 Å². The Bertz CT molecular complexity index is 660. The van der Waals surface area contributed by atoms with Gasteiger partial charge in [-0.2, -0.15) is 0 Å². The van der Waals surface area contributed by atoms with E-state index in [0.29, 0.717) is 10.8 Å². The predicted molar refractivity (Wildman–Crippen MR) is 94.2 cm³/mol. The van der Waals surface area contributed by atoms with Crippen LogP contribution in [0.25, 0.3) is 0 Å². The number of benzene rings is 1. The summed E-state index contributed by atoms with van der Waals surface area (Å²) in [6, 6.07) is 7.80. The Labute approximate surface area is 150 Å². The summed E-state index contributed by atoms with van der Waals surface area (Å²) in [7, 11) is 2.09. The molecule has 0 aliphatic carbocycles. The van der Waals surface area contributed by atoms with Crippen LogP contribution in [0.2, 0.25) is 5.02 Å². The van der Waals surface area contributed by atoms with Gasteiger partial charge in [0.25, 0.3) is 0 Å². The fourth-order valence-corrected chi connectivity index (χ4v) is 3.16. The van der Waals surface area contributed by atoms with Crippen LogP contribution in [0, 0.1) is 6.92 Å². The van der Waals surface area contributed by atoms with Gasteiger partial charge in [0.05, 0.1) is 11.6 Å². The van der Waals surface area contributed by atoms with E-state index >= 15 is 0 Å². The predicted octanol–water partition coefficient (Wildman–Crippen LogP) is 5.38. The van der Waals surface area contributed by atoms with Crippen LogP contribution >= 0.6 is 39.9 Å². The molecule has 1 aromatic heterocycles. The smallest absolute Gasteiger partial charge is 0.139 e. The summed E-state index contributed by atoms with van der Waals surface area (Å²) in [5.41, 5.74) is 1.13. The van der Waals surface area contributed by atoms with Crippen molar-refractivity contribution >= 4 is 39.9 Å². The lowest BCUT2D eigenvalue weighted by atomic mass is 10.1. The minimum absolute atomic E-state index is 0. The van der Waals surface area contributed by atoms with E-state index in [1.165, 1.54) is 0 Å². The van der Waals surface area contributed by atoms with Gasteiger partial charge < -0.3 is 9.15 Å². The first kappa shape index (κ1) is 17.7. The van der Waals surface area contributed by atoms with Crippen molar-refractivity contribution < 1.29 is 9.15 Å². The standard InChI is InChI=1S/C16H17BrClNO2.ClH/c1-10-8-11-13(6-7-19(2)9-15(11)20-10)21-14-5-3-4-12(17)16(14)18;/h3-5,8,13H,6-7,9H2,1-2H3;1H. The average Bonchev–Trinajstić information content (AvgIpc) is 2.73. The molecule has 22 heavy (non-hydrogen) atoms. The highest BCUT2D eigenvalue weighted by Gasteiger charge is 2.26. The van der Waals surface area contributed by atoms with Crippen LogP contribution < -0.4 is 4.74 Å². The van der Waals surface area contributed by atoms with E-state index in [-0.39, 0.29) is 18.5 Å². The quantitative estimate of drug-likeness (QED) is 0.669. The van der Waals surface area contributed by atoms with E-state index in [9.17, 15) is 0 Å². The van der Waals surface area contributed by atoms with Crippen molar-refractivity contribution in [3.8, 4) is 5.75 Å². The highest BCUT2D eigenvalue weighted by molar-refractivity contribution is 9.10. The van der Waals surface area contributed by atoms with Crippen LogP contribution in [-0.2, 0) is 6.54 Å². The molecule has 2 aromatic rings. The van der Waals surface area contributed by atoms with Gasteiger partial charge in [-0.15, -0.1) is 12.4 Å². The third-order valence-corrected chi connectivity index (χ3v) is 4.96. The SMILES string of the molecule is Cc1cc2c(o1)CN(C)CCC2Oc1cccc(Br)c1Cl.Cl. The number of aryl methyl sites for hydroxylation is 1. The van der Waals surface area contributed by atoms with E-state index in [1.54, 1.807) is 0 Å². The molecule has 1 atom stereocenters. The Kier molecular flexibility index (Phi) is 5.83. The maximum absolute atomic E-state index is 6.31. The molecule has 0 bridgehead atoms. The van der Waals surface area contributed by atoms with E-state index in [0.717, 1.165) is 41.1 Å². The lowest BCUT2D eigenvalue weighted by Gasteiger charge is -2.19. The first-order chi connectivity index (χ1) is 10.0. The number of halogens is 3. The number of hydrogen-bond acceptors (Lipinski definition) is 3. The Hall–Kier alpha value is -0.680. The Morgan fingerprint density at radius 3 is 2.95 bits per heavy atom. The lowest BCUT2D eigenvalue weighted by Crippen LogP contribution is -2.18. The van der Waals surface area contributed by atoms with Crippen LogP contribution in [-0.4, -0.2) is 18.5 Å². The van der Waals surface area contributed by atoms with Crippen molar-refractivity contribution in [1.82, 2.24) is 4.90 Å². The summed E-state index contributed by atoms with van der Waals surface area (Å²) in [5.74, 6) is 2.61. The number of hydrogen-bond donors (Lipinski definition) is 0. The Morgan fingerprint density at radius 2 is 2.18 bits per heavy atom. The van der Waals surface area contributed by atoms with Crippen molar-refractivity contribution in [1.29, 1.82) is 0 Å². The first-order valence-corrected chi connectivity index (χ1v) is 8.10. The molecule has 6 heteroatoms. The molecular formula is C16H18BrCl2NO2. The zero-order chi connectivity index (χ0) is 15.0. The van der Waals surface area contributed by atoms with Gasteiger partial charge in [-0.05, 0) is 48.1 Å². The van der Waals surface area contributed by atoms with E-state index in [1.807, 2.05) is 25.1 Å². The summed E-state index contributed by atoms with van der Waals surface area (Å²) >= 11 is 9.74. The lowest BCUT2D eigenvalue weighted by molar-refractivity contribution is 0.182. The van der Waals surface area contributed by atoms with Gasteiger partial charge in [0.2, 0.25) is 0 Å². The topological polar surface area (TPSA) is 25.6 Å². The van der Waals surface area contributed by atoms with Crippen LogP contribution in [0.3, 0.4) is 0 Å². The van der Waals surface area contributed by atoms with Crippen molar-refractivity contribution in [3.63, 3.8) is 0 Å². The van der Waals surface area contributed by atoms with Crippen LogP contribution in [0.5, 0.6) is 5.75 Å². The molecule has 1 aromatic carbocycles. The molecule has 1 aliphatic rings. The molecule has 3 rings (SSSR count). The largest absolute Gasteiger partial charge is 0.484 e. The van der Waals surface area contributed by atoms with Gasteiger partial charge in [0.1, 0.15) is 23.4 Å². The summed E-state index contributed by atoms with van der Waals surface area (Å²) in [6.45, 7) is 3.74. The van der Waals surface area contributed by atoms with Crippen LogP contribution in [0.1, 0.15) is 29.6 Å². The third-order valence-electron chi connectivity index (χ3n) is 3.68. The zero-order valence-electron chi connectivity index (χ0n) is 12.4. The molecule has 0 amide bonds. The second kappa shape index (κ2) is 7.26. The number of fused-ring (bicyclic) bond motifs is 1. The third kappa shape index (κ3) is 3.62. The number of furan rings is 1. The minimum atomic E-state index is -0.0331. The summed E-state index contributed by atoms with van der Waals surface area (Å²) in [6.07, 6.45) is 0.875. The average molecular weight is 407 g/mol. The van der Waals surface area contributed by atoms with Gasteiger partial charge in [0, 0.05) is 23.0 Å². The van der Waals surface area contributed by atoms with E-state index < -0.39 is 0 Å². The number of nitrogens with zero attached hydrogens (tertiary/aromatic N) is 1. The molecule has 2 heterocycles. The highest BCUT2D eigenvalue weighted by Crippen LogP contribution is 2.38. The van der Waals surface area contributed by atoms with Gasteiger partial charge in [-0.25, -0.2) is 0 Å². The minimum Gasteiger partial charge on any atom is -0.484 e. The summed E-state index contributed by atoms with van der Waals surface area (Å²) < 4.78 is 12.8. The van der Waals surface area contributed by atoms with E-state index in [4.69, 9.17) is 20.8 Å². The fourth-order valence-electron chi connectivity index (χ4n) is 2.65. The number of ether oxygens (including phenoxy) is 1. The Balaban J connectivity index is 0.00000176. The molecule has 0 radical (unpaired) electrons. The molecule has 1 aliphatic heterocycles. The van der Waals surface area contributed by atoms with E-state index in [2.05, 4.69) is 33.9 Å². The zero-order valence-corrected chi connectivity index (χ0v) is 15.6. The molecule has 0 saturated carbocycles. The molecule has 0 N–H and O–H groups in total. The van der Waals surface area contributed by atoms with Crippen LogP contribution in [0.4, 0.5) is 0 Å². The molecule has 120 valence electrons. The Morgan fingerprint density at radius 1 is 1.41 bits per heavy atom. The van der Waals surface area contributed by atoms with Gasteiger partial charge in [-0.3, -0.25) is 4.90 Å². The van der Waals surface area contributed by atoms with Crippen LogP contribution in [0.15, 0.2) is 33.2 Å². The monoisotopic (exact) mass is 405 g/mol. The second-order valence-electron chi connectivity index (χ2n) is 5.42. The summed E-state index contributed by atoms with van der Waals surface area (Å²) in [5, 5.41) is 0.608. The maximum atomic E-state index is 6.31.